The molecule has 4 heteroatoms. The number of carbonyl (C=O) groups excluding carboxylic acids is 1. The largest absolute Gasteiger partial charge is 0.322 e. The number of benzene rings is 2. The lowest BCUT2D eigenvalue weighted by atomic mass is 9.87. The molecule has 0 spiro atoms. The van der Waals surface area contributed by atoms with Crippen LogP contribution in [-0.2, 0) is 11.2 Å². The number of fused-ring (bicyclic) bond motifs is 1. The summed E-state index contributed by atoms with van der Waals surface area (Å²) >= 11 is 0. The molecule has 0 bridgehead atoms. The van der Waals surface area contributed by atoms with Crippen molar-refractivity contribution in [2.75, 3.05) is 5.32 Å². The van der Waals surface area contributed by atoms with Crippen LogP contribution >= 0.6 is 0 Å². The van der Waals surface area contributed by atoms with E-state index >= 15 is 0 Å². The van der Waals surface area contributed by atoms with E-state index in [9.17, 15) is 9.18 Å². The van der Waals surface area contributed by atoms with Crippen molar-refractivity contribution in [2.24, 2.45) is 0 Å². The van der Waals surface area contributed by atoms with Gasteiger partial charge in [0.05, 0.1) is 11.7 Å². The number of carbonyl (C=O) groups is 1. The molecule has 0 aliphatic heterocycles. The van der Waals surface area contributed by atoms with Crippen molar-refractivity contribution in [3.8, 4) is 0 Å². The summed E-state index contributed by atoms with van der Waals surface area (Å²) in [5.41, 5.74) is 2.83. The highest BCUT2D eigenvalue weighted by Crippen LogP contribution is 2.29. The molecule has 0 fully saturated rings. The van der Waals surface area contributed by atoms with Crippen LogP contribution < -0.4 is 10.6 Å². The Morgan fingerprint density at radius 3 is 2.74 bits per heavy atom. The molecule has 2 unspecified atom stereocenters. The third-order valence-electron chi connectivity index (χ3n) is 4.35. The van der Waals surface area contributed by atoms with E-state index in [1.54, 1.807) is 18.2 Å². The Kier molecular flexibility index (Phi) is 4.72. The quantitative estimate of drug-likeness (QED) is 0.901. The van der Waals surface area contributed by atoms with Gasteiger partial charge in [0.1, 0.15) is 5.82 Å². The first-order valence-electron chi connectivity index (χ1n) is 8.04. The van der Waals surface area contributed by atoms with Gasteiger partial charge in [0.25, 0.3) is 0 Å². The number of aryl methyl sites for hydroxylation is 1. The number of para-hydroxylation sites is 1. The Morgan fingerprint density at radius 2 is 1.91 bits per heavy atom. The predicted molar refractivity (Wildman–Crippen MR) is 89.7 cm³/mol. The van der Waals surface area contributed by atoms with Crippen molar-refractivity contribution in [2.45, 2.75) is 38.3 Å². The van der Waals surface area contributed by atoms with Gasteiger partial charge in [-0.25, -0.2) is 4.39 Å². The van der Waals surface area contributed by atoms with Gasteiger partial charge >= 0.3 is 0 Å². The van der Waals surface area contributed by atoms with Gasteiger partial charge in [-0.2, -0.15) is 0 Å². The van der Waals surface area contributed by atoms with Gasteiger partial charge in [0, 0.05) is 6.04 Å². The van der Waals surface area contributed by atoms with Crippen LogP contribution in [0.5, 0.6) is 0 Å². The summed E-state index contributed by atoms with van der Waals surface area (Å²) < 4.78 is 13.6. The molecule has 0 aromatic heterocycles. The second-order valence-corrected chi connectivity index (χ2v) is 6.00. The molecule has 3 rings (SSSR count). The molecule has 2 aromatic carbocycles. The van der Waals surface area contributed by atoms with Gasteiger partial charge in [-0.15, -0.1) is 0 Å². The minimum atomic E-state index is -0.420. The van der Waals surface area contributed by atoms with Crippen LogP contribution in [0.4, 0.5) is 10.1 Å². The van der Waals surface area contributed by atoms with Crippen LogP contribution in [0.2, 0.25) is 0 Å². The number of rotatable bonds is 4. The molecule has 2 N–H and O–H groups in total. The standard InChI is InChI=1S/C19H21FN2O/c1-13(19(23)22-18-11-5-4-10-16(18)20)21-17-12-6-8-14-7-2-3-9-15(14)17/h2-5,7,9-11,13,17,21H,6,8,12H2,1H3,(H,22,23). The van der Waals surface area contributed by atoms with E-state index in [1.807, 2.05) is 13.0 Å². The number of anilines is 1. The molecule has 3 nitrogen and oxygen atoms in total. The number of halogens is 1. The Balaban J connectivity index is 1.67. The Bertz CT molecular complexity index is 701. The third kappa shape index (κ3) is 3.59. The first-order chi connectivity index (χ1) is 11.1. The van der Waals surface area contributed by atoms with Crippen molar-refractivity contribution in [3.05, 3.63) is 65.5 Å². The van der Waals surface area contributed by atoms with E-state index in [4.69, 9.17) is 0 Å². The van der Waals surface area contributed by atoms with E-state index in [0.717, 1.165) is 19.3 Å². The summed E-state index contributed by atoms with van der Waals surface area (Å²) in [5.74, 6) is -0.644. The molecule has 23 heavy (non-hydrogen) atoms. The lowest BCUT2D eigenvalue weighted by Gasteiger charge is -2.29. The highest BCUT2D eigenvalue weighted by Gasteiger charge is 2.23. The third-order valence-corrected chi connectivity index (χ3v) is 4.35. The van der Waals surface area contributed by atoms with Gasteiger partial charge < -0.3 is 5.32 Å². The summed E-state index contributed by atoms with van der Waals surface area (Å²) in [5, 5.41) is 6.03. The number of nitrogens with one attached hydrogen (secondary N) is 2. The van der Waals surface area contributed by atoms with Crippen LogP contribution in [0.1, 0.15) is 36.9 Å². The molecule has 120 valence electrons. The molecular weight excluding hydrogens is 291 g/mol. The second kappa shape index (κ2) is 6.92. The van der Waals surface area contributed by atoms with Crippen molar-refractivity contribution in [1.82, 2.24) is 5.32 Å². The number of amides is 1. The fourth-order valence-electron chi connectivity index (χ4n) is 3.11. The molecule has 0 heterocycles. The highest BCUT2D eigenvalue weighted by molar-refractivity contribution is 5.94. The zero-order valence-electron chi connectivity index (χ0n) is 13.2. The van der Waals surface area contributed by atoms with E-state index in [1.165, 1.54) is 17.2 Å². The Hall–Kier alpha value is -2.20. The van der Waals surface area contributed by atoms with Crippen molar-refractivity contribution < 1.29 is 9.18 Å². The first-order valence-corrected chi connectivity index (χ1v) is 8.04. The van der Waals surface area contributed by atoms with Crippen molar-refractivity contribution in [1.29, 1.82) is 0 Å². The molecule has 0 saturated carbocycles. The molecule has 2 atom stereocenters. The predicted octanol–water partition coefficient (Wildman–Crippen LogP) is 3.82. The summed E-state index contributed by atoms with van der Waals surface area (Å²) in [6.45, 7) is 1.81. The van der Waals surface area contributed by atoms with Crippen LogP contribution in [-0.4, -0.2) is 11.9 Å². The Labute approximate surface area is 135 Å². The summed E-state index contributed by atoms with van der Waals surface area (Å²) in [7, 11) is 0. The summed E-state index contributed by atoms with van der Waals surface area (Å²) in [4.78, 5) is 12.3. The van der Waals surface area contributed by atoms with E-state index in [0.29, 0.717) is 0 Å². The smallest absolute Gasteiger partial charge is 0.241 e. The molecule has 2 aromatic rings. The number of hydrogen-bond acceptors (Lipinski definition) is 2. The average molecular weight is 312 g/mol. The normalized spacial score (nSPS) is 18.1. The molecule has 1 aliphatic carbocycles. The van der Waals surface area contributed by atoms with Crippen LogP contribution in [0.3, 0.4) is 0 Å². The van der Waals surface area contributed by atoms with Crippen LogP contribution in [0, 0.1) is 5.82 Å². The number of hydrogen-bond donors (Lipinski definition) is 2. The van der Waals surface area contributed by atoms with E-state index in [-0.39, 0.29) is 17.6 Å². The topological polar surface area (TPSA) is 41.1 Å². The lowest BCUT2D eigenvalue weighted by Crippen LogP contribution is -2.41. The maximum atomic E-state index is 13.6. The van der Waals surface area contributed by atoms with Crippen molar-refractivity contribution in [3.63, 3.8) is 0 Å². The van der Waals surface area contributed by atoms with Gasteiger partial charge in [-0.3, -0.25) is 10.1 Å². The zero-order chi connectivity index (χ0) is 16.2. The van der Waals surface area contributed by atoms with Crippen LogP contribution in [0.25, 0.3) is 0 Å². The molecule has 0 saturated heterocycles. The van der Waals surface area contributed by atoms with Crippen LogP contribution in [0.15, 0.2) is 48.5 Å². The lowest BCUT2D eigenvalue weighted by molar-refractivity contribution is -0.118. The molecule has 1 amide bonds. The van der Waals surface area contributed by atoms with Gasteiger partial charge in [-0.1, -0.05) is 36.4 Å². The van der Waals surface area contributed by atoms with E-state index < -0.39 is 11.9 Å². The highest BCUT2D eigenvalue weighted by atomic mass is 19.1. The minimum Gasteiger partial charge on any atom is -0.322 e. The maximum Gasteiger partial charge on any atom is 0.241 e. The fraction of sp³-hybridized carbons (Fsp3) is 0.316. The first kappa shape index (κ1) is 15.7. The summed E-state index contributed by atoms with van der Waals surface area (Å²) in [6, 6.07) is 14.3. The summed E-state index contributed by atoms with van der Waals surface area (Å²) in [6.07, 6.45) is 3.20. The zero-order valence-corrected chi connectivity index (χ0v) is 13.2. The fourth-order valence-corrected chi connectivity index (χ4v) is 3.11. The second-order valence-electron chi connectivity index (χ2n) is 6.00. The van der Waals surface area contributed by atoms with Crippen molar-refractivity contribution >= 4 is 11.6 Å². The monoisotopic (exact) mass is 312 g/mol. The molecular formula is C19H21FN2O. The Morgan fingerprint density at radius 1 is 1.17 bits per heavy atom. The molecule has 1 aliphatic rings. The van der Waals surface area contributed by atoms with Gasteiger partial charge in [0.15, 0.2) is 0 Å². The van der Waals surface area contributed by atoms with Gasteiger partial charge in [-0.05, 0) is 49.4 Å². The SMILES string of the molecule is CC(NC1CCCc2ccccc21)C(=O)Nc1ccccc1F. The average Bonchev–Trinajstić information content (AvgIpc) is 2.57. The van der Waals surface area contributed by atoms with E-state index in [2.05, 4.69) is 28.8 Å². The maximum absolute atomic E-state index is 13.6. The molecule has 0 radical (unpaired) electrons. The minimum absolute atomic E-state index is 0.168. The van der Waals surface area contributed by atoms with Gasteiger partial charge in [0.2, 0.25) is 5.91 Å².